The molecule has 0 aliphatic carbocycles. The van der Waals surface area contributed by atoms with Crippen molar-refractivity contribution in [3.8, 4) is 0 Å². The maximum Gasteiger partial charge on any atom is 0.357 e. The highest BCUT2D eigenvalue weighted by atomic mass is 16.5. The molecule has 108 valence electrons. The fourth-order valence-electron chi connectivity index (χ4n) is 1.87. The predicted molar refractivity (Wildman–Crippen MR) is 73.0 cm³/mol. The number of nitrogen functional groups attached to an aromatic ring is 1. The smallest absolute Gasteiger partial charge is 0.357 e. The van der Waals surface area contributed by atoms with E-state index in [9.17, 15) is 9.59 Å². The normalized spacial score (nSPS) is 15.9. The molecule has 1 fully saturated rings. The number of pyridine rings is 1. The van der Waals surface area contributed by atoms with Crippen molar-refractivity contribution in [1.29, 1.82) is 0 Å². The number of ether oxygens (including phenoxy) is 1. The maximum absolute atomic E-state index is 11.9. The van der Waals surface area contributed by atoms with Crippen LogP contribution in [0.4, 0.5) is 5.69 Å². The number of aromatic nitrogens is 1. The van der Waals surface area contributed by atoms with Gasteiger partial charge in [-0.25, -0.2) is 9.78 Å². The second-order valence-electron chi connectivity index (χ2n) is 4.74. The molecule has 0 spiro atoms. The lowest BCUT2D eigenvalue weighted by Gasteiger charge is -2.32. The maximum atomic E-state index is 11.9. The third-order valence-electron chi connectivity index (χ3n) is 3.18. The highest BCUT2D eigenvalue weighted by Crippen LogP contribution is 2.04. The average molecular weight is 278 g/mol. The Morgan fingerprint density at radius 2 is 2.00 bits per heavy atom. The third-order valence-corrected chi connectivity index (χ3v) is 3.18. The van der Waals surface area contributed by atoms with Gasteiger partial charge in [0.2, 0.25) is 0 Å². The number of nitrogens with two attached hydrogens (primary N) is 1. The lowest BCUT2D eigenvalue weighted by molar-refractivity contribution is -0.136. The molecule has 0 aromatic carbocycles. The Hall–Kier alpha value is -2.15. The van der Waals surface area contributed by atoms with Crippen LogP contribution in [0, 0.1) is 0 Å². The Kier molecular flexibility index (Phi) is 4.52. The van der Waals surface area contributed by atoms with Crippen LogP contribution in [0.15, 0.2) is 18.3 Å². The molecule has 0 atom stereocenters. The van der Waals surface area contributed by atoms with Crippen LogP contribution in [0.25, 0.3) is 0 Å². The van der Waals surface area contributed by atoms with Crippen molar-refractivity contribution in [2.75, 3.05) is 45.6 Å². The van der Waals surface area contributed by atoms with E-state index in [0.717, 1.165) is 13.1 Å². The van der Waals surface area contributed by atoms with Gasteiger partial charge in [-0.1, -0.05) is 0 Å². The van der Waals surface area contributed by atoms with Gasteiger partial charge in [0.25, 0.3) is 5.91 Å². The zero-order valence-corrected chi connectivity index (χ0v) is 11.4. The molecule has 0 unspecified atom stereocenters. The lowest BCUT2D eigenvalue weighted by atomic mass is 10.3. The Labute approximate surface area is 117 Å². The first-order chi connectivity index (χ1) is 9.56. The number of rotatable bonds is 3. The van der Waals surface area contributed by atoms with Gasteiger partial charge in [0.05, 0.1) is 11.9 Å². The van der Waals surface area contributed by atoms with Crippen LogP contribution in [0.3, 0.4) is 0 Å². The van der Waals surface area contributed by atoms with Gasteiger partial charge in [-0.2, -0.15) is 0 Å². The number of amides is 1. The minimum Gasteiger partial charge on any atom is -0.451 e. The molecule has 20 heavy (non-hydrogen) atoms. The summed E-state index contributed by atoms with van der Waals surface area (Å²) in [6.45, 7) is 2.73. The number of hydrogen-bond donors (Lipinski definition) is 1. The molecule has 2 rings (SSSR count). The van der Waals surface area contributed by atoms with Gasteiger partial charge in [0, 0.05) is 26.2 Å². The number of likely N-dealkylation sites (N-methyl/N-ethyl adjacent to an activating group) is 1. The van der Waals surface area contributed by atoms with Crippen molar-refractivity contribution in [3.05, 3.63) is 24.0 Å². The van der Waals surface area contributed by atoms with E-state index in [0.29, 0.717) is 18.8 Å². The summed E-state index contributed by atoms with van der Waals surface area (Å²) in [5.41, 5.74) is 6.09. The fourth-order valence-corrected chi connectivity index (χ4v) is 1.87. The molecule has 1 aliphatic rings. The standard InChI is InChI=1S/C13H18N4O3/c1-16-4-6-17(7-5-16)12(18)9-20-13(19)11-3-2-10(14)8-15-11/h2-3,8H,4-7,9,14H2,1H3. The van der Waals surface area contributed by atoms with E-state index in [4.69, 9.17) is 10.5 Å². The Bertz CT molecular complexity index is 481. The van der Waals surface area contributed by atoms with E-state index in [1.54, 1.807) is 11.0 Å². The minimum atomic E-state index is -0.618. The summed E-state index contributed by atoms with van der Waals surface area (Å²) < 4.78 is 4.96. The topological polar surface area (TPSA) is 88.8 Å². The highest BCUT2D eigenvalue weighted by molar-refractivity contribution is 5.89. The van der Waals surface area contributed by atoms with Gasteiger partial charge in [-0.05, 0) is 19.2 Å². The summed E-state index contributed by atoms with van der Waals surface area (Å²) in [4.78, 5) is 31.3. The van der Waals surface area contributed by atoms with Crippen molar-refractivity contribution in [1.82, 2.24) is 14.8 Å². The summed E-state index contributed by atoms with van der Waals surface area (Å²) in [5.74, 6) is -0.797. The number of nitrogens with zero attached hydrogens (tertiary/aromatic N) is 3. The summed E-state index contributed by atoms with van der Waals surface area (Å²) in [6, 6.07) is 3.03. The van der Waals surface area contributed by atoms with Crippen molar-refractivity contribution in [2.45, 2.75) is 0 Å². The van der Waals surface area contributed by atoms with E-state index in [1.807, 2.05) is 7.05 Å². The van der Waals surface area contributed by atoms with Crippen LogP contribution in [0.1, 0.15) is 10.5 Å². The monoisotopic (exact) mass is 278 g/mol. The summed E-state index contributed by atoms with van der Waals surface area (Å²) in [7, 11) is 2.01. The summed E-state index contributed by atoms with van der Waals surface area (Å²) >= 11 is 0. The number of esters is 1. The number of carbonyl (C=O) groups excluding carboxylic acids is 2. The second kappa shape index (κ2) is 6.33. The van der Waals surface area contributed by atoms with E-state index >= 15 is 0 Å². The summed E-state index contributed by atoms with van der Waals surface area (Å²) in [5, 5.41) is 0. The van der Waals surface area contributed by atoms with E-state index < -0.39 is 5.97 Å². The third kappa shape index (κ3) is 3.67. The predicted octanol–water partition coefficient (Wildman–Crippen LogP) is -0.405. The first kappa shape index (κ1) is 14.3. The molecule has 0 bridgehead atoms. The van der Waals surface area contributed by atoms with Gasteiger partial charge in [-0.15, -0.1) is 0 Å². The number of piperazine rings is 1. The second-order valence-corrected chi connectivity index (χ2v) is 4.74. The van der Waals surface area contributed by atoms with Crippen LogP contribution < -0.4 is 5.73 Å². The quantitative estimate of drug-likeness (QED) is 0.756. The van der Waals surface area contributed by atoms with Gasteiger partial charge >= 0.3 is 5.97 Å². The van der Waals surface area contributed by atoms with Crippen LogP contribution >= 0.6 is 0 Å². The van der Waals surface area contributed by atoms with Crippen molar-refractivity contribution in [3.63, 3.8) is 0 Å². The highest BCUT2D eigenvalue weighted by Gasteiger charge is 2.20. The molecule has 1 aliphatic heterocycles. The molecule has 2 heterocycles. The number of anilines is 1. The number of hydrogen-bond acceptors (Lipinski definition) is 6. The Morgan fingerprint density at radius 3 is 2.60 bits per heavy atom. The zero-order valence-electron chi connectivity index (χ0n) is 11.4. The van der Waals surface area contributed by atoms with Crippen molar-refractivity contribution >= 4 is 17.6 Å². The zero-order chi connectivity index (χ0) is 14.5. The van der Waals surface area contributed by atoms with Gasteiger partial charge < -0.3 is 20.3 Å². The molecule has 0 saturated carbocycles. The summed E-state index contributed by atoms with van der Waals surface area (Å²) in [6.07, 6.45) is 1.37. The van der Waals surface area contributed by atoms with Crippen molar-refractivity contribution < 1.29 is 14.3 Å². The molecule has 1 aromatic heterocycles. The van der Waals surface area contributed by atoms with Crippen molar-refractivity contribution in [2.24, 2.45) is 0 Å². The molecule has 0 radical (unpaired) electrons. The SMILES string of the molecule is CN1CCN(C(=O)COC(=O)c2ccc(N)cn2)CC1. The molecule has 1 aromatic rings. The lowest BCUT2D eigenvalue weighted by Crippen LogP contribution is -2.48. The average Bonchev–Trinajstić information content (AvgIpc) is 2.46. The Morgan fingerprint density at radius 1 is 1.30 bits per heavy atom. The van der Waals surface area contributed by atoms with E-state index in [1.165, 1.54) is 12.3 Å². The van der Waals surface area contributed by atoms with Gasteiger partial charge in [-0.3, -0.25) is 4.79 Å². The molecule has 7 heteroatoms. The van der Waals surface area contributed by atoms with Crippen LogP contribution in [0.5, 0.6) is 0 Å². The first-order valence-corrected chi connectivity index (χ1v) is 6.41. The fraction of sp³-hybridized carbons (Fsp3) is 0.462. The molecular formula is C13H18N4O3. The molecule has 1 amide bonds. The van der Waals surface area contributed by atoms with E-state index in [2.05, 4.69) is 9.88 Å². The Balaban J connectivity index is 1.81. The van der Waals surface area contributed by atoms with Gasteiger partial charge in [0.15, 0.2) is 6.61 Å². The molecule has 1 saturated heterocycles. The van der Waals surface area contributed by atoms with E-state index in [-0.39, 0.29) is 18.2 Å². The largest absolute Gasteiger partial charge is 0.451 e. The van der Waals surface area contributed by atoms with Crippen LogP contribution in [-0.2, 0) is 9.53 Å². The van der Waals surface area contributed by atoms with Gasteiger partial charge in [0.1, 0.15) is 5.69 Å². The molecular weight excluding hydrogens is 260 g/mol. The van der Waals surface area contributed by atoms with Crippen LogP contribution in [-0.4, -0.2) is 66.5 Å². The first-order valence-electron chi connectivity index (χ1n) is 6.41. The molecule has 7 nitrogen and oxygen atoms in total. The molecule has 2 N–H and O–H groups in total. The van der Waals surface area contributed by atoms with Crippen LogP contribution in [0.2, 0.25) is 0 Å². The minimum absolute atomic E-state index is 0.144. The number of carbonyl (C=O) groups is 2.